The summed E-state index contributed by atoms with van der Waals surface area (Å²) in [7, 11) is 6.08. The summed E-state index contributed by atoms with van der Waals surface area (Å²) in [4.78, 5) is 18.8. The van der Waals surface area contributed by atoms with Gasteiger partial charge < -0.3 is 20.4 Å². The van der Waals surface area contributed by atoms with E-state index < -0.39 is 0 Å². The van der Waals surface area contributed by atoms with Gasteiger partial charge in [0.05, 0.1) is 4.99 Å². The normalized spacial score (nSPS) is 19.5. The van der Waals surface area contributed by atoms with Gasteiger partial charge in [-0.05, 0) is 33.0 Å². The van der Waals surface area contributed by atoms with Crippen molar-refractivity contribution in [2.75, 3.05) is 53.9 Å². The second kappa shape index (κ2) is 8.54. The first-order valence-electron chi connectivity index (χ1n) is 7.28. The number of likely N-dealkylation sites (tertiary alicyclic amines) is 1. The van der Waals surface area contributed by atoms with Crippen LogP contribution in [0.4, 0.5) is 0 Å². The molecule has 1 rings (SSSR count). The summed E-state index contributed by atoms with van der Waals surface area (Å²) in [5.41, 5.74) is 5.45. The van der Waals surface area contributed by atoms with Gasteiger partial charge >= 0.3 is 0 Å². The van der Waals surface area contributed by atoms with E-state index in [9.17, 15) is 4.79 Å². The molecule has 1 aliphatic rings. The van der Waals surface area contributed by atoms with Crippen LogP contribution in [0, 0.1) is 5.92 Å². The van der Waals surface area contributed by atoms with Crippen molar-refractivity contribution >= 4 is 23.1 Å². The van der Waals surface area contributed by atoms with Gasteiger partial charge in [-0.2, -0.15) is 0 Å². The third kappa shape index (κ3) is 6.63. The van der Waals surface area contributed by atoms with Gasteiger partial charge in [0.15, 0.2) is 0 Å². The number of hydrogen-bond donors (Lipinski definition) is 1. The van der Waals surface area contributed by atoms with Crippen molar-refractivity contribution in [3.63, 3.8) is 0 Å². The molecule has 0 radical (unpaired) electrons. The first kappa shape index (κ1) is 17.3. The summed E-state index contributed by atoms with van der Waals surface area (Å²) in [6.07, 6.45) is 2.43. The van der Waals surface area contributed by atoms with Crippen molar-refractivity contribution in [3.05, 3.63) is 0 Å². The minimum atomic E-state index is 0.164. The van der Waals surface area contributed by atoms with E-state index in [-0.39, 0.29) is 5.91 Å². The maximum atomic E-state index is 12.0. The van der Waals surface area contributed by atoms with Crippen LogP contribution in [0.1, 0.15) is 19.3 Å². The lowest BCUT2D eigenvalue weighted by atomic mass is 10.1. The number of hydrogen-bond acceptors (Lipinski definition) is 4. The lowest BCUT2D eigenvalue weighted by Crippen LogP contribution is -2.34. The summed E-state index contributed by atoms with van der Waals surface area (Å²) in [5.74, 6) is 0.907. The maximum absolute atomic E-state index is 12.0. The summed E-state index contributed by atoms with van der Waals surface area (Å²) >= 11 is 4.82. The standard InChI is InChI=1S/C14H28N4OS/c1-16-7-4-12(10-16)11-17(2)8-6-14(19)18(3)9-5-13(15)20/h12H,4-11H2,1-3H3,(H2,15,20). The summed E-state index contributed by atoms with van der Waals surface area (Å²) in [5, 5.41) is 0. The molecule has 0 aliphatic carbocycles. The molecular weight excluding hydrogens is 272 g/mol. The highest BCUT2D eigenvalue weighted by Gasteiger charge is 2.21. The quantitative estimate of drug-likeness (QED) is 0.658. The molecule has 5 nitrogen and oxygen atoms in total. The highest BCUT2D eigenvalue weighted by atomic mass is 32.1. The molecule has 0 aromatic heterocycles. The second-order valence-corrected chi connectivity index (χ2v) is 6.49. The van der Waals surface area contributed by atoms with Gasteiger partial charge in [0.25, 0.3) is 0 Å². The van der Waals surface area contributed by atoms with Crippen LogP contribution in [-0.2, 0) is 4.79 Å². The molecule has 1 aliphatic heterocycles. The molecule has 1 atom stereocenters. The third-order valence-electron chi connectivity index (χ3n) is 3.89. The predicted octanol–water partition coefficient (Wildman–Crippen LogP) is 0.395. The van der Waals surface area contributed by atoms with Crippen molar-refractivity contribution in [1.29, 1.82) is 0 Å². The summed E-state index contributed by atoms with van der Waals surface area (Å²) in [6.45, 7) is 4.88. The van der Waals surface area contributed by atoms with E-state index in [4.69, 9.17) is 18.0 Å². The smallest absolute Gasteiger partial charge is 0.223 e. The molecule has 6 heteroatoms. The average molecular weight is 300 g/mol. The van der Waals surface area contributed by atoms with Crippen molar-refractivity contribution in [2.24, 2.45) is 11.7 Å². The first-order chi connectivity index (χ1) is 9.38. The number of carbonyl (C=O) groups excluding carboxylic acids is 1. The van der Waals surface area contributed by atoms with Gasteiger partial charge in [0.2, 0.25) is 5.91 Å². The van der Waals surface area contributed by atoms with Gasteiger partial charge in [-0.1, -0.05) is 12.2 Å². The monoisotopic (exact) mass is 300 g/mol. The fourth-order valence-corrected chi connectivity index (χ4v) is 2.68. The molecule has 1 heterocycles. The Morgan fingerprint density at radius 1 is 1.35 bits per heavy atom. The molecule has 0 saturated carbocycles. The number of nitrogens with two attached hydrogens (primary N) is 1. The molecule has 1 amide bonds. The Balaban J connectivity index is 2.17. The Kier molecular flexibility index (Phi) is 7.40. The molecule has 0 spiro atoms. The largest absolute Gasteiger partial charge is 0.393 e. The number of rotatable bonds is 8. The third-order valence-corrected chi connectivity index (χ3v) is 4.09. The van der Waals surface area contributed by atoms with Gasteiger partial charge in [-0.25, -0.2) is 0 Å². The highest BCUT2D eigenvalue weighted by Crippen LogP contribution is 2.15. The molecule has 0 aromatic rings. The number of thiocarbonyl (C=S) groups is 1. The average Bonchev–Trinajstić information content (AvgIpc) is 2.78. The van der Waals surface area contributed by atoms with E-state index >= 15 is 0 Å². The lowest BCUT2D eigenvalue weighted by molar-refractivity contribution is -0.130. The molecule has 0 bridgehead atoms. The fraction of sp³-hybridized carbons (Fsp3) is 0.857. The van der Waals surface area contributed by atoms with Gasteiger partial charge in [-0.3, -0.25) is 4.79 Å². The van der Waals surface area contributed by atoms with Crippen LogP contribution in [0.2, 0.25) is 0 Å². The Labute approximate surface area is 128 Å². The van der Waals surface area contributed by atoms with E-state index in [1.807, 2.05) is 7.05 Å². The molecule has 116 valence electrons. The SMILES string of the molecule is CN(CCC(=O)N(C)CCC(N)=S)CC1CCN(C)C1. The Bertz CT molecular complexity index is 337. The van der Waals surface area contributed by atoms with Crippen LogP contribution in [0.5, 0.6) is 0 Å². The zero-order chi connectivity index (χ0) is 15.1. The Morgan fingerprint density at radius 3 is 2.60 bits per heavy atom. The van der Waals surface area contributed by atoms with Crippen LogP contribution in [0.25, 0.3) is 0 Å². The van der Waals surface area contributed by atoms with E-state index in [1.54, 1.807) is 4.90 Å². The van der Waals surface area contributed by atoms with E-state index in [1.165, 1.54) is 19.5 Å². The summed E-state index contributed by atoms with van der Waals surface area (Å²) < 4.78 is 0. The fourth-order valence-electron chi connectivity index (χ4n) is 2.59. The molecule has 1 unspecified atom stereocenters. The second-order valence-electron chi connectivity index (χ2n) is 5.96. The molecule has 0 aromatic carbocycles. The van der Waals surface area contributed by atoms with Crippen LogP contribution in [-0.4, -0.2) is 79.5 Å². The molecule has 2 N–H and O–H groups in total. The number of amides is 1. The zero-order valence-corrected chi connectivity index (χ0v) is 13.8. The molecular formula is C14H28N4OS. The van der Waals surface area contributed by atoms with Crippen molar-refractivity contribution in [3.8, 4) is 0 Å². The minimum Gasteiger partial charge on any atom is -0.393 e. The van der Waals surface area contributed by atoms with Crippen molar-refractivity contribution in [1.82, 2.24) is 14.7 Å². The van der Waals surface area contributed by atoms with E-state index in [0.29, 0.717) is 24.4 Å². The number of carbonyl (C=O) groups is 1. The highest BCUT2D eigenvalue weighted by molar-refractivity contribution is 7.80. The van der Waals surface area contributed by atoms with Crippen molar-refractivity contribution < 1.29 is 4.79 Å². The van der Waals surface area contributed by atoms with E-state index in [0.717, 1.165) is 19.0 Å². The van der Waals surface area contributed by atoms with Crippen LogP contribution in [0.15, 0.2) is 0 Å². The van der Waals surface area contributed by atoms with Crippen molar-refractivity contribution in [2.45, 2.75) is 19.3 Å². The Hall–Kier alpha value is -0.720. The predicted molar refractivity (Wildman–Crippen MR) is 86.8 cm³/mol. The first-order valence-corrected chi connectivity index (χ1v) is 7.68. The molecule has 1 fully saturated rings. The molecule has 20 heavy (non-hydrogen) atoms. The van der Waals surface area contributed by atoms with Crippen LogP contribution < -0.4 is 5.73 Å². The van der Waals surface area contributed by atoms with Gasteiger partial charge in [0, 0.05) is 46.1 Å². The summed E-state index contributed by atoms with van der Waals surface area (Å²) in [6, 6.07) is 0. The van der Waals surface area contributed by atoms with Gasteiger partial charge in [0.1, 0.15) is 0 Å². The molecule has 1 saturated heterocycles. The minimum absolute atomic E-state index is 0.164. The number of nitrogens with zero attached hydrogens (tertiary/aromatic N) is 3. The van der Waals surface area contributed by atoms with E-state index in [2.05, 4.69) is 23.9 Å². The van der Waals surface area contributed by atoms with Crippen LogP contribution >= 0.6 is 12.2 Å². The topological polar surface area (TPSA) is 52.8 Å². The van der Waals surface area contributed by atoms with Gasteiger partial charge in [-0.15, -0.1) is 0 Å². The maximum Gasteiger partial charge on any atom is 0.223 e. The van der Waals surface area contributed by atoms with Crippen LogP contribution in [0.3, 0.4) is 0 Å². The zero-order valence-electron chi connectivity index (χ0n) is 13.0. The Morgan fingerprint density at radius 2 is 2.05 bits per heavy atom. The lowest BCUT2D eigenvalue weighted by Gasteiger charge is -2.22.